The molecule has 0 aromatic heterocycles. The first-order valence-corrected chi connectivity index (χ1v) is 9.81. The number of ether oxygens (including phenoxy) is 2. The topological polar surface area (TPSA) is 63.2 Å². The maximum Gasteiger partial charge on any atom is 0.341 e. The fourth-order valence-corrected chi connectivity index (χ4v) is 4.01. The Kier molecular flexibility index (Phi) is 9.72. The number of carbonyl (C=O) groups excluding carboxylic acids is 1. The predicted octanol–water partition coefficient (Wildman–Crippen LogP) is 3.39. The van der Waals surface area contributed by atoms with Crippen LogP contribution >= 0.6 is 35.7 Å². The van der Waals surface area contributed by atoms with Gasteiger partial charge in [0.05, 0.1) is 20.8 Å². The number of guanidine groups is 1. The van der Waals surface area contributed by atoms with E-state index in [2.05, 4.69) is 31.0 Å². The largest absolute Gasteiger partial charge is 0.496 e. The van der Waals surface area contributed by atoms with Gasteiger partial charge >= 0.3 is 5.97 Å². The number of nitrogens with zero attached hydrogens (tertiary/aromatic N) is 2. The lowest BCUT2D eigenvalue weighted by Crippen LogP contribution is -2.50. The van der Waals surface area contributed by atoms with Crippen LogP contribution in [0.15, 0.2) is 23.2 Å². The van der Waals surface area contributed by atoms with Crippen LogP contribution in [-0.2, 0) is 11.3 Å². The van der Waals surface area contributed by atoms with Crippen LogP contribution in [0.1, 0.15) is 36.7 Å². The Bertz CT molecular complexity index is 668. The Morgan fingerprint density at radius 3 is 2.70 bits per heavy atom. The van der Waals surface area contributed by atoms with E-state index in [-0.39, 0.29) is 28.7 Å². The van der Waals surface area contributed by atoms with Crippen LogP contribution in [0.3, 0.4) is 0 Å². The molecule has 152 valence electrons. The summed E-state index contributed by atoms with van der Waals surface area (Å²) in [6, 6.07) is 5.45. The molecule has 0 radical (unpaired) electrons. The lowest BCUT2D eigenvalue weighted by Gasteiger charge is -2.39. The SMILES string of the molecule is CCNC(=NCc1ccc(C(=O)OC)c(OC)c1)N1CCSC(C)(C)C1.I. The fourth-order valence-electron chi connectivity index (χ4n) is 2.90. The molecule has 1 heterocycles. The first kappa shape index (κ1) is 23.9. The molecule has 0 atom stereocenters. The number of rotatable bonds is 5. The third-order valence-electron chi connectivity index (χ3n) is 4.14. The summed E-state index contributed by atoms with van der Waals surface area (Å²) in [6.07, 6.45) is 0. The highest BCUT2D eigenvalue weighted by Gasteiger charge is 2.28. The van der Waals surface area contributed by atoms with Gasteiger partial charge < -0.3 is 19.7 Å². The highest BCUT2D eigenvalue weighted by atomic mass is 127. The minimum absolute atomic E-state index is 0. The summed E-state index contributed by atoms with van der Waals surface area (Å²) in [5.41, 5.74) is 1.40. The van der Waals surface area contributed by atoms with Crippen molar-refractivity contribution in [2.24, 2.45) is 4.99 Å². The van der Waals surface area contributed by atoms with Crippen LogP contribution in [0.5, 0.6) is 5.75 Å². The second-order valence-electron chi connectivity index (χ2n) is 6.73. The molecule has 1 saturated heterocycles. The molecule has 27 heavy (non-hydrogen) atoms. The van der Waals surface area contributed by atoms with Gasteiger partial charge in [-0.3, -0.25) is 0 Å². The van der Waals surface area contributed by atoms with Gasteiger partial charge in [-0.25, -0.2) is 9.79 Å². The van der Waals surface area contributed by atoms with E-state index in [4.69, 9.17) is 14.5 Å². The number of methoxy groups -OCH3 is 2. The van der Waals surface area contributed by atoms with Crippen molar-refractivity contribution in [2.45, 2.75) is 32.1 Å². The van der Waals surface area contributed by atoms with Gasteiger partial charge in [0.1, 0.15) is 11.3 Å². The van der Waals surface area contributed by atoms with Gasteiger partial charge in [-0.15, -0.1) is 24.0 Å². The predicted molar refractivity (Wildman–Crippen MR) is 123 cm³/mol. The fraction of sp³-hybridized carbons (Fsp3) is 0.579. The maximum absolute atomic E-state index is 11.8. The van der Waals surface area contributed by atoms with Crippen molar-refractivity contribution in [1.29, 1.82) is 0 Å². The highest BCUT2D eigenvalue weighted by Crippen LogP contribution is 2.29. The molecule has 8 heteroatoms. The average molecular weight is 507 g/mol. The van der Waals surface area contributed by atoms with Gasteiger partial charge in [0.25, 0.3) is 0 Å². The molecule has 1 aliphatic heterocycles. The molecule has 1 fully saturated rings. The number of thioether (sulfide) groups is 1. The number of hydrogen-bond donors (Lipinski definition) is 1. The van der Waals surface area contributed by atoms with E-state index < -0.39 is 5.97 Å². The molecule has 0 bridgehead atoms. The zero-order valence-corrected chi connectivity index (χ0v) is 19.9. The van der Waals surface area contributed by atoms with Crippen molar-refractivity contribution in [2.75, 3.05) is 39.6 Å². The number of carbonyl (C=O) groups is 1. The molecule has 0 spiro atoms. The molecular formula is C19H30IN3O3S. The van der Waals surface area contributed by atoms with Crippen molar-refractivity contribution in [3.05, 3.63) is 29.3 Å². The number of halogens is 1. The second-order valence-corrected chi connectivity index (χ2v) is 8.53. The number of esters is 1. The molecule has 0 unspecified atom stereocenters. The van der Waals surface area contributed by atoms with Crippen molar-refractivity contribution >= 4 is 47.7 Å². The van der Waals surface area contributed by atoms with Crippen LogP contribution in [0.4, 0.5) is 0 Å². The summed E-state index contributed by atoms with van der Waals surface area (Å²) in [6.45, 7) is 9.91. The summed E-state index contributed by atoms with van der Waals surface area (Å²) in [4.78, 5) is 18.9. The monoisotopic (exact) mass is 507 g/mol. The third kappa shape index (κ3) is 6.74. The van der Waals surface area contributed by atoms with E-state index in [9.17, 15) is 4.79 Å². The smallest absolute Gasteiger partial charge is 0.341 e. The molecule has 1 aliphatic rings. The molecule has 6 nitrogen and oxygen atoms in total. The van der Waals surface area contributed by atoms with E-state index in [1.165, 1.54) is 7.11 Å². The second kappa shape index (κ2) is 11.0. The van der Waals surface area contributed by atoms with Crippen LogP contribution in [0.25, 0.3) is 0 Å². The third-order valence-corrected chi connectivity index (χ3v) is 5.44. The molecule has 1 aromatic carbocycles. The molecule has 0 saturated carbocycles. The lowest BCUT2D eigenvalue weighted by atomic mass is 10.1. The minimum atomic E-state index is -0.404. The summed E-state index contributed by atoms with van der Waals surface area (Å²) in [7, 11) is 2.91. The zero-order chi connectivity index (χ0) is 19.2. The first-order valence-electron chi connectivity index (χ1n) is 8.82. The van der Waals surface area contributed by atoms with Crippen molar-refractivity contribution < 1.29 is 14.3 Å². The van der Waals surface area contributed by atoms with Gasteiger partial charge in [0.15, 0.2) is 5.96 Å². The molecule has 1 N–H and O–H groups in total. The van der Waals surface area contributed by atoms with Gasteiger partial charge in [0, 0.05) is 30.1 Å². The molecule has 2 rings (SSSR count). The Morgan fingerprint density at radius 1 is 1.37 bits per heavy atom. The van der Waals surface area contributed by atoms with Crippen molar-refractivity contribution in [1.82, 2.24) is 10.2 Å². The van der Waals surface area contributed by atoms with Crippen molar-refractivity contribution in [3.8, 4) is 5.75 Å². The van der Waals surface area contributed by atoms with Crippen LogP contribution in [-0.4, -0.2) is 61.2 Å². The lowest BCUT2D eigenvalue weighted by molar-refractivity contribution is 0.0597. The van der Waals surface area contributed by atoms with E-state index in [1.54, 1.807) is 13.2 Å². The number of benzene rings is 1. The summed E-state index contributed by atoms with van der Waals surface area (Å²) in [5, 5.41) is 3.39. The first-order chi connectivity index (χ1) is 12.4. The van der Waals surface area contributed by atoms with Crippen LogP contribution < -0.4 is 10.1 Å². The maximum atomic E-state index is 11.8. The Morgan fingerprint density at radius 2 is 2.11 bits per heavy atom. The van der Waals surface area contributed by atoms with Gasteiger partial charge in [-0.1, -0.05) is 6.07 Å². The molecular weight excluding hydrogens is 477 g/mol. The highest BCUT2D eigenvalue weighted by molar-refractivity contribution is 14.0. The summed E-state index contributed by atoms with van der Waals surface area (Å²) in [5.74, 6) is 2.12. The van der Waals surface area contributed by atoms with Gasteiger partial charge in [-0.2, -0.15) is 11.8 Å². The molecule has 0 amide bonds. The van der Waals surface area contributed by atoms with E-state index >= 15 is 0 Å². The Hall–Kier alpha value is -1.16. The summed E-state index contributed by atoms with van der Waals surface area (Å²) < 4.78 is 10.3. The van der Waals surface area contributed by atoms with Crippen LogP contribution in [0.2, 0.25) is 0 Å². The molecule has 0 aliphatic carbocycles. The van der Waals surface area contributed by atoms with Crippen molar-refractivity contribution in [3.63, 3.8) is 0 Å². The summed E-state index contributed by atoms with van der Waals surface area (Å²) >= 11 is 2.00. The normalized spacial score (nSPS) is 16.3. The van der Waals surface area contributed by atoms with E-state index in [0.717, 1.165) is 36.9 Å². The van der Waals surface area contributed by atoms with Gasteiger partial charge in [-0.05, 0) is 38.5 Å². The van der Waals surface area contributed by atoms with Crippen LogP contribution in [0, 0.1) is 0 Å². The van der Waals surface area contributed by atoms with E-state index in [1.807, 2.05) is 23.9 Å². The Labute approximate surface area is 183 Å². The quantitative estimate of drug-likeness (QED) is 0.286. The standard InChI is InChI=1S/C19H29N3O3S.HI/c1-6-20-18(22-9-10-26-19(2,3)13-22)21-12-14-7-8-15(17(23)25-5)16(11-14)24-4;/h7-8,11H,6,9-10,12-13H2,1-5H3,(H,20,21);1H. The average Bonchev–Trinajstić information content (AvgIpc) is 2.63. The number of hydrogen-bond acceptors (Lipinski definition) is 5. The Balaban J connectivity index is 0.00000364. The van der Waals surface area contributed by atoms with Gasteiger partial charge in [0.2, 0.25) is 0 Å². The molecule has 1 aromatic rings. The number of nitrogens with one attached hydrogen (secondary N) is 1. The minimum Gasteiger partial charge on any atom is -0.496 e. The number of aliphatic imine (C=N–C) groups is 1. The zero-order valence-electron chi connectivity index (χ0n) is 16.7. The van der Waals surface area contributed by atoms with E-state index in [0.29, 0.717) is 17.9 Å².